The van der Waals surface area contributed by atoms with E-state index in [1.54, 1.807) is 0 Å². The summed E-state index contributed by atoms with van der Waals surface area (Å²) < 4.78 is 2.12. The molecule has 0 atom stereocenters. The summed E-state index contributed by atoms with van der Waals surface area (Å²) in [6, 6.07) is 18.4. The van der Waals surface area contributed by atoms with Gasteiger partial charge in [-0.3, -0.25) is 4.68 Å². The van der Waals surface area contributed by atoms with E-state index in [4.69, 9.17) is 16.7 Å². The van der Waals surface area contributed by atoms with Crippen LogP contribution in [0.25, 0.3) is 11.3 Å². The molecule has 2 aromatic carbocycles. The molecule has 0 fully saturated rings. The third-order valence-electron chi connectivity index (χ3n) is 4.33. The van der Waals surface area contributed by atoms with Crippen LogP contribution >= 0.6 is 11.6 Å². The molecule has 0 radical (unpaired) electrons. The van der Waals surface area contributed by atoms with Gasteiger partial charge in [0.2, 0.25) is 0 Å². The van der Waals surface area contributed by atoms with Gasteiger partial charge in [0, 0.05) is 41.4 Å². The predicted octanol–water partition coefficient (Wildman–Crippen LogP) is 3.90. The highest BCUT2D eigenvalue weighted by Gasteiger charge is 2.21. The van der Waals surface area contributed by atoms with E-state index in [9.17, 15) is 0 Å². The van der Waals surface area contributed by atoms with Crippen molar-refractivity contribution in [2.24, 2.45) is 0 Å². The van der Waals surface area contributed by atoms with Crippen molar-refractivity contribution in [3.8, 4) is 11.3 Å². The first-order chi connectivity index (χ1) is 11.3. The zero-order valence-corrected chi connectivity index (χ0v) is 13.6. The van der Waals surface area contributed by atoms with Gasteiger partial charge in [0.1, 0.15) is 0 Å². The van der Waals surface area contributed by atoms with Gasteiger partial charge in [0.25, 0.3) is 0 Å². The molecule has 4 rings (SSSR count). The molecule has 0 unspecified atom stereocenters. The maximum Gasteiger partial charge on any atom is 0.0971 e. The number of benzene rings is 2. The molecule has 4 heteroatoms. The Bertz CT molecular complexity index is 824. The van der Waals surface area contributed by atoms with Gasteiger partial charge in [-0.2, -0.15) is 5.10 Å². The minimum atomic E-state index is 0.717. The highest BCUT2D eigenvalue weighted by Crippen LogP contribution is 2.28. The van der Waals surface area contributed by atoms with Crippen LogP contribution in [0, 0.1) is 0 Å². The number of hydrogen-bond acceptors (Lipinski definition) is 2. The standard InChI is InChI=1S/C19H18ClN3/c20-17-9-5-4-8-15(17)13-23-18-10-11-21-12-16(18)19(22-23)14-6-2-1-3-7-14/h1-9,21H,10-13H2. The van der Waals surface area contributed by atoms with E-state index < -0.39 is 0 Å². The minimum Gasteiger partial charge on any atom is -0.312 e. The SMILES string of the molecule is Clc1ccccc1Cn1nc(-c2ccccc2)c2c1CCNC2. The quantitative estimate of drug-likeness (QED) is 0.792. The van der Waals surface area contributed by atoms with Crippen LogP contribution in [0.4, 0.5) is 0 Å². The summed E-state index contributed by atoms with van der Waals surface area (Å²) >= 11 is 6.33. The summed E-state index contributed by atoms with van der Waals surface area (Å²) in [4.78, 5) is 0. The monoisotopic (exact) mass is 323 g/mol. The van der Waals surface area contributed by atoms with E-state index in [0.29, 0.717) is 0 Å². The maximum absolute atomic E-state index is 6.33. The molecule has 2 heterocycles. The molecule has 0 bridgehead atoms. The summed E-state index contributed by atoms with van der Waals surface area (Å²) in [6.45, 7) is 2.59. The first-order valence-electron chi connectivity index (χ1n) is 7.91. The van der Waals surface area contributed by atoms with Gasteiger partial charge >= 0.3 is 0 Å². The third-order valence-corrected chi connectivity index (χ3v) is 4.70. The molecule has 23 heavy (non-hydrogen) atoms. The van der Waals surface area contributed by atoms with Crippen LogP contribution < -0.4 is 5.32 Å². The van der Waals surface area contributed by atoms with Gasteiger partial charge in [-0.1, -0.05) is 60.1 Å². The summed E-state index contributed by atoms with van der Waals surface area (Å²) in [5.74, 6) is 0. The highest BCUT2D eigenvalue weighted by molar-refractivity contribution is 6.31. The number of hydrogen-bond donors (Lipinski definition) is 1. The van der Waals surface area contributed by atoms with Gasteiger partial charge in [0.05, 0.1) is 12.2 Å². The number of aromatic nitrogens is 2. The van der Waals surface area contributed by atoms with E-state index in [0.717, 1.165) is 42.3 Å². The van der Waals surface area contributed by atoms with E-state index in [1.165, 1.54) is 16.8 Å². The Labute approximate surface area is 140 Å². The van der Waals surface area contributed by atoms with E-state index in [2.05, 4.69) is 40.3 Å². The molecule has 0 saturated heterocycles. The van der Waals surface area contributed by atoms with E-state index >= 15 is 0 Å². The van der Waals surface area contributed by atoms with Crippen molar-refractivity contribution >= 4 is 11.6 Å². The fourth-order valence-corrected chi connectivity index (χ4v) is 3.36. The van der Waals surface area contributed by atoms with E-state index in [-0.39, 0.29) is 0 Å². The van der Waals surface area contributed by atoms with Crippen LogP contribution in [0.15, 0.2) is 54.6 Å². The van der Waals surface area contributed by atoms with Crippen LogP contribution in [0.5, 0.6) is 0 Å². The van der Waals surface area contributed by atoms with Gasteiger partial charge < -0.3 is 5.32 Å². The van der Waals surface area contributed by atoms with Gasteiger partial charge in [-0.05, 0) is 11.6 Å². The zero-order valence-electron chi connectivity index (χ0n) is 12.8. The Kier molecular flexibility index (Phi) is 3.90. The second-order valence-corrected chi connectivity index (χ2v) is 6.22. The van der Waals surface area contributed by atoms with Crippen LogP contribution in [0.2, 0.25) is 5.02 Å². The Morgan fingerprint density at radius 1 is 1.04 bits per heavy atom. The summed E-state index contributed by atoms with van der Waals surface area (Å²) in [5.41, 5.74) is 6.00. The Morgan fingerprint density at radius 3 is 2.65 bits per heavy atom. The lowest BCUT2D eigenvalue weighted by Gasteiger charge is -2.16. The van der Waals surface area contributed by atoms with Gasteiger partial charge in [0.15, 0.2) is 0 Å². The first-order valence-corrected chi connectivity index (χ1v) is 8.29. The number of nitrogens with one attached hydrogen (secondary N) is 1. The van der Waals surface area contributed by atoms with E-state index in [1.807, 2.05) is 24.3 Å². The molecule has 3 aromatic rings. The molecule has 1 N–H and O–H groups in total. The van der Waals surface area contributed by atoms with Crippen molar-refractivity contribution in [2.45, 2.75) is 19.5 Å². The molecule has 0 amide bonds. The van der Waals surface area contributed by atoms with Crippen molar-refractivity contribution in [3.63, 3.8) is 0 Å². The average Bonchev–Trinajstić information content (AvgIpc) is 2.97. The zero-order chi connectivity index (χ0) is 15.6. The van der Waals surface area contributed by atoms with Crippen LogP contribution in [0.1, 0.15) is 16.8 Å². The summed E-state index contributed by atoms with van der Waals surface area (Å²) in [6.07, 6.45) is 1.000. The molecule has 0 saturated carbocycles. The predicted molar refractivity (Wildman–Crippen MR) is 93.6 cm³/mol. The topological polar surface area (TPSA) is 29.9 Å². The Balaban J connectivity index is 1.79. The van der Waals surface area contributed by atoms with Crippen molar-refractivity contribution < 1.29 is 0 Å². The average molecular weight is 324 g/mol. The Morgan fingerprint density at radius 2 is 1.83 bits per heavy atom. The smallest absolute Gasteiger partial charge is 0.0971 e. The fraction of sp³-hybridized carbons (Fsp3) is 0.211. The summed E-state index contributed by atoms with van der Waals surface area (Å²) in [5, 5.41) is 9.17. The first kappa shape index (κ1) is 14.5. The molecule has 0 spiro atoms. The number of fused-ring (bicyclic) bond motifs is 1. The van der Waals surface area contributed by atoms with Crippen molar-refractivity contribution in [1.82, 2.24) is 15.1 Å². The molecule has 1 aliphatic rings. The van der Waals surface area contributed by atoms with Crippen LogP contribution in [0.3, 0.4) is 0 Å². The van der Waals surface area contributed by atoms with Crippen molar-refractivity contribution in [1.29, 1.82) is 0 Å². The number of rotatable bonds is 3. The molecule has 1 aliphatic heterocycles. The van der Waals surface area contributed by atoms with Gasteiger partial charge in [-0.15, -0.1) is 0 Å². The fourth-order valence-electron chi connectivity index (χ4n) is 3.17. The van der Waals surface area contributed by atoms with Crippen LogP contribution in [-0.2, 0) is 19.5 Å². The maximum atomic E-state index is 6.33. The lowest BCUT2D eigenvalue weighted by atomic mass is 10.0. The molecule has 1 aromatic heterocycles. The third kappa shape index (κ3) is 2.78. The molecular weight excluding hydrogens is 306 g/mol. The second-order valence-electron chi connectivity index (χ2n) is 5.82. The number of halogens is 1. The number of nitrogens with zero attached hydrogens (tertiary/aromatic N) is 2. The van der Waals surface area contributed by atoms with Crippen molar-refractivity contribution in [3.05, 3.63) is 76.4 Å². The minimum absolute atomic E-state index is 0.717. The highest BCUT2D eigenvalue weighted by atomic mass is 35.5. The van der Waals surface area contributed by atoms with Gasteiger partial charge in [-0.25, -0.2) is 0 Å². The lowest BCUT2D eigenvalue weighted by molar-refractivity contribution is 0.582. The Hall–Kier alpha value is -2.10. The normalized spacial score (nSPS) is 13.8. The molecule has 0 aliphatic carbocycles. The molecular formula is C19H18ClN3. The summed E-state index contributed by atoms with van der Waals surface area (Å²) in [7, 11) is 0. The lowest BCUT2D eigenvalue weighted by Crippen LogP contribution is -2.25. The largest absolute Gasteiger partial charge is 0.312 e. The van der Waals surface area contributed by atoms with Crippen LogP contribution in [-0.4, -0.2) is 16.3 Å². The molecule has 3 nitrogen and oxygen atoms in total. The van der Waals surface area contributed by atoms with Crippen molar-refractivity contribution in [2.75, 3.05) is 6.54 Å². The molecule has 116 valence electrons. The second kappa shape index (κ2) is 6.19.